The van der Waals surface area contributed by atoms with Crippen LogP contribution in [-0.2, 0) is 6.42 Å². The lowest BCUT2D eigenvalue weighted by Gasteiger charge is -2.09. The molecular formula is C16H17ClN2O. The first kappa shape index (κ1) is 14.4. The number of rotatable bonds is 6. The predicted octanol–water partition coefficient (Wildman–Crippen LogP) is 3.64. The zero-order valence-electron chi connectivity index (χ0n) is 11.1. The van der Waals surface area contributed by atoms with Crippen LogP contribution in [0.15, 0.2) is 48.5 Å². The van der Waals surface area contributed by atoms with E-state index in [-0.39, 0.29) is 5.84 Å². The number of halogens is 1. The third-order valence-corrected chi connectivity index (χ3v) is 3.25. The summed E-state index contributed by atoms with van der Waals surface area (Å²) in [5, 5.41) is 7.83. The van der Waals surface area contributed by atoms with Gasteiger partial charge in [-0.3, -0.25) is 5.41 Å². The van der Waals surface area contributed by atoms with Gasteiger partial charge in [-0.25, -0.2) is 0 Å². The summed E-state index contributed by atoms with van der Waals surface area (Å²) in [7, 11) is 0. The van der Waals surface area contributed by atoms with Crippen LogP contribution in [0.1, 0.15) is 17.5 Å². The largest absolute Gasteiger partial charge is 0.492 e. The van der Waals surface area contributed by atoms with Crippen LogP contribution >= 0.6 is 11.6 Å². The van der Waals surface area contributed by atoms with Crippen LogP contribution in [-0.4, -0.2) is 12.4 Å². The van der Waals surface area contributed by atoms with Crippen molar-refractivity contribution in [3.05, 3.63) is 64.7 Å². The Morgan fingerprint density at radius 1 is 1.15 bits per heavy atom. The van der Waals surface area contributed by atoms with Crippen LogP contribution in [0.5, 0.6) is 5.75 Å². The van der Waals surface area contributed by atoms with E-state index in [4.69, 9.17) is 27.5 Å². The van der Waals surface area contributed by atoms with Crippen molar-refractivity contribution in [2.45, 2.75) is 12.8 Å². The highest BCUT2D eigenvalue weighted by Crippen LogP contribution is 2.25. The summed E-state index contributed by atoms with van der Waals surface area (Å²) in [6.07, 6.45) is 1.90. The Balaban J connectivity index is 1.84. The van der Waals surface area contributed by atoms with Crippen molar-refractivity contribution in [1.29, 1.82) is 5.41 Å². The van der Waals surface area contributed by atoms with Crippen LogP contribution in [0.2, 0.25) is 5.02 Å². The van der Waals surface area contributed by atoms with Crippen molar-refractivity contribution in [3.63, 3.8) is 0 Å². The van der Waals surface area contributed by atoms with E-state index in [2.05, 4.69) is 12.1 Å². The Morgan fingerprint density at radius 2 is 1.90 bits per heavy atom. The number of aryl methyl sites for hydroxylation is 1. The quantitative estimate of drug-likeness (QED) is 0.484. The number of ether oxygens (including phenoxy) is 1. The standard InChI is InChI=1S/C16H17ClN2O/c17-14-11-13(16(18)19)8-9-15(14)20-10-4-7-12-5-2-1-3-6-12/h1-3,5-6,8-9,11H,4,7,10H2,(H3,18,19). The summed E-state index contributed by atoms with van der Waals surface area (Å²) < 4.78 is 5.65. The molecule has 2 aromatic carbocycles. The molecule has 0 aliphatic rings. The molecule has 2 rings (SSSR count). The van der Waals surface area contributed by atoms with Crippen molar-refractivity contribution in [1.82, 2.24) is 0 Å². The van der Waals surface area contributed by atoms with Gasteiger partial charge in [-0.15, -0.1) is 0 Å². The molecule has 0 saturated carbocycles. The molecular weight excluding hydrogens is 272 g/mol. The third-order valence-electron chi connectivity index (χ3n) is 2.95. The first-order valence-electron chi connectivity index (χ1n) is 6.47. The second-order valence-electron chi connectivity index (χ2n) is 4.50. The SMILES string of the molecule is N=C(N)c1ccc(OCCCc2ccccc2)c(Cl)c1. The first-order chi connectivity index (χ1) is 9.66. The zero-order valence-corrected chi connectivity index (χ0v) is 11.9. The van der Waals surface area contributed by atoms with Gasteiger partial charge in [0.1, 0.15) is 11.6 Å². The highest BCUT2D eigenvalue weighted by atomic mass is 35.5. The van der Waals surface area contributed by atoms with Gasteiger partial charge in [0.15, 0.2) is 0 Å². The number of nitrogens with two attached hydrogens (primary N) is 1. The lowest BCUT2D eigenvalue weighted by atomic mass is 10.1. The van der Waals surface area contributed by atoms with E-state index in [0.717, 1.165) is 12.8 Å². The van der Waals surface area contributed by atoms with Crippen molar-refractivity contribution < 1.29 is 4.74 Å². The predicted molar refractivity (Wildman–Crippen MR) is 82.7 cm³/mol. The Labute approximate surface area is 123 Å². The Kier molecular flexibility index (Phi) is 5.02. The summed E-state index contributed by atoms with van der Waals surface area (Å²) in [6, 6.07) is 15.4. The molecule has 4 heteroatoms. The second-order valence-corrected chi connectivity index (χ2v) is 4.90. The van der Waals surface area contributed by atoms with Crippen molar-refractivity contribution >= 4 is 17.4 Å². The van der Waals surface area contributed by atoms with Crippen molar-refractivity contribution in [2.24, 2.45) is 5.73 Å². The fraction of sp³-hybridized carbons (Fsp3) is 0.188. The fourth-order valence-electron chi connectivity index (χ4n) is 1.89. The molecule has 0 atom stereocenters. The zero-order chi connectivity index (χ0) is 14.4. The van der Waals surface area contributed by atoms with Crippen LogP contribution in [0, 0.1) is 5.41 Å². The van der Waals surface area contributed by atoms with Crippen LogP contribution < -0.4 is 10.5 Å². The molecule has 0 amide bonds. The van der Waals surface area contributed by atoms with Gasteiger partial charge in [0.2, 0.25) is 0 Å². The summed E-state index contributed by atoms with van der Waals surface area (Å²) in [5.41, 5.74) is 7.31. The Bertz CT molecular complexity index is 584. The maximum absolute atomic E-state index is 7.34. The van der Waals surface area contributed by atoms with E-state index in [1.807, 2.05) is 18.2 Å². The minimum Gasteiger partial charge on any atom is -0.492 e. The van der Waals surface area contributed by atoms with E-state index < -0.39 is 0 Å². The Morgan fingerprint density at radius 3 is 2.55 bits per heavy atom. The van der Waals surface area contributed by atoms with Gasteiger partial charge < -0.3 is 10.5 Å². The van der Waals surface area contributed by atoms with Gasteiger partial charge in [-0.1, -0.05) is 41.9 Å². The molecule has 0 aliphatic carbocycles. The number of nitrogens with one attached hydrogen (secondary N) is 1. The van der Waals surface area contributed by atoms with Gasteiger partial charge in [0.05, 0.1) is 11.6 Å². The lowest BCUT2D eigenvalue weighted by molar-refractivity contribution is 0.311. The maximum Gasteiger partial charge on any atom is 0.137 e. The Hall–Kier alpha value is -2.00. The number of hydrogen-bond acceptors (Lipinski definition) is 2. The molecule has 0 saturated heterocycles. The second kappa shape index (κ2) is 6.96. The van der Waals surface area contributed by atoms with Crippen LogP contribution in [0.3, 0.4) is 0 Å². The van der Waals surface area contributed by atoms with Gasteiger partial charge in [0, 0.05) is 5.56 Å². The van der Waals surface area contributed by atoms with E-state index in [0.29, 0.717) is 22.9 Å². The average Bonchev–Trinajstić information content (AvgIpc) is 2.46. The van der Waals surface area contributed by atoms with E-state index in [1.54, 1.807) is 18.2 Å². The molecule has 20 heavy (non-hydrogen) atoms. The molecule has 3 N–H and O–H groups in total. The lowest BCUT2D eigenvalue weighted by Crippen LogP contribution is -2.11. The maximum atomic E-state index is 7.34. The molecule has 0 heterocycles. The normalized spacial score (nSPS) is 10.2. The molecule has 104 valence electrons. The average molecular weight is 289 g/mol. The molecule has 0 aromatic heterocycles. The molecule has 0 unspecified atom stereocenters. The van der Waals surface area contributed by atoms with E-state index in [1.165, 1.54) is 5.56 Å². The number of benzene rings is 2. The van der Waals surface area contributed by atoms with Crippen molar-refractivity contribution in [2.75, 3.05) is 6.61 Å². The van der Waals surface area contributed by atoms with E-state index >= 15 is 0 Å². The minimum absolute atomic E-state index is 0.00234. The highest BCUT2D eigenvalue weighted by molar-refractivity contribution is 6.32. The summed E-state index contributed by atoms with van der Waals surface area (Å²) in [4.78, 5) is 0. The molecule has 0 fully saturated rings. The fourth-order valence-corrected chi connectivity index (χ4v) is 2.12. The molecule has 0 aliphatic heterocycles. The van der Waals surface area contributed by atoms with Gasteiger partial charge in [0.25, 0.3) is 0 Å². The summed E-state index contributed by atoms with van der Waals surface area (Å²) >= 11 is 6.09. The van der Waals surface area contributed by atoms with Crippen LogP contribution in [0.4, 0.5) is 0 Å². The third kappa shape index (κ3) is 4.00. The molecule has 0 spiro atoms. The number of hydrogen-bond donors (Lipinski definition) is 2. The highest BCUT2D eigenvalue weighted by Gasteiger charge is 2.04. The molecule has 3 nitrogen and oxygen atoms in total. The molecule has 2 aromatic rings. The smallest absolute Gasteiger partial charge is 0.137 e. The van der Waals surface area contributed by atoms with Crippen LogP contribution in [0.25, 0.3) is 0 Å². The molecule has 0 radical (unpaired) electrons. The summed E-state index contributed by atoms with van der Waals surface area (Å²) in [5.74, 6) is 0.632. The van der Waals surface area contributed by atoms with Crippen molar-refractivity contribution in [3.8, 4) is 5.75 Å². The minimum atomic E-state index is 0.00234. The first-order valence-corrected chi connectivity index (χ1v) is 6.85. The topological polar surface area (TPSA) is 59.1 Å². The van der Waals surface area contributed by atoms with Gasteiger partial charge in [-0.05, 0) is 36.6 Å². The van der Waals surface area contributed by atoms with Gasteiger partial charge in [-0.2, -0.15) is 0 Å². The number of nitrogen functional groups attached to an aromatic ring is 1. The summed E-state index contributed by atoms with van der Waals surface area (Å²) in [6.45, 7) is 0.605. The van der Waals surface area contributed by atoms with Gasteiger partial charge >= 0.3 is 0 Å². The monoisotopic (exact) mass is 288 g/mol. The molecule has 0 bridgehead atoms. The number of amidine groups is 1. The van der Waals surface area contributed by atoms with E-state index in [9.17, 15) is 0 Å².